The maximum atomic E-state index is 15.4. The number of hydrogen-bond acceptors (Lipinski definition) is 9. The van der Waals surface area contributed by atoms with Crippen LogP contribution in [0.5, 0.6) is 11.5 Å². The summed E-state index contributed by atoms with van der Waals surface area (Å²) in [6, 6.07) is 9.49. The fraction of sp³-hybridized carbons (Fsp3) is 0.638. The predicted molar refractivity (Wildman–Crippen MR) is 217 cm³/mol. The van der Waals surface area contributed by atoms with E-state index in [-0.39, 0.29) is 48.0 Å². The van der Waals surface area contributed by atoms with Gasteiger partial charge in [-0.1, -0.05) is 45.9 Å². The summed E-state index contributed by atoms with van der Waals surface area (Å²) in [4.78, 5) is 47.4. The topological polar surface area (TPSA) is 123 Å². The summed E-state index contributed by atoms with van der Waals surface area (Å²) < 4.78 is 17.5. The molecule has 57 heavy (non-hydrogen) atoms. The number of thiophene rings is 1. The summed E-state index contributed by atoms with van der Waals surface area (Å²) in [5.41, 5.74) is -4.55. The molecule has 4 saturated carbocycles. The van der Waals surface area contributed by atoms with Gasteiger partial charge in [0.15, 0.2) is 11.4 Å². The van der Waals surface area contributed by atoms with Crippen LogP contribution in [0.1, 0.15) is 113 Å². The van der Waals surface area contributed by atoms with Crippen LogP contribution in [0.4, 0.5) is 0 Å². The van der Waals surface area contributed by atoms with Crippen molar-refractivity contribution in [3.8, 4) is 11.5 Å². The highest BCUT2D eigenvalue weighted by Crippen LogP contribution is 2.78. The van der Waals surface area contributed by atoms with Crippen LogP contribution in [0.3, 0.4) is 0 Å². The van der Waals surface area contributed by atoms with E-state index >= 15 is 4.79 Å². The first-order valence-corrected chi connectivity index (χ1v) is 21.8. The zero-order valence-electron chi connectivity index (χ0n) is 34.8. The highest BCUT2D eigenvalue weighted by molar-refractivity contribution is 7.14. The third-order valence-corrected chi connectivity index (χ3v) is 18.9. The van der Waals surface area contributed by atoms with Gasteiger partial charge >= 0.3 is 5.97 Å². The van der Waals surface area contributed by atoms with Crippen molar-refractivity contribution in [1.29, 1.82) is 0 Å². The van der Waals surface area contributed by atoms with Crippen molar-refractivity contribution < 1.29 is 38.8 Å². The molecule has 4 bridgehead atoms. The third-order valence-electron chi connectivity index (χ3n) is 17.9. The van der Waals surface area contributed by atoms with Crippen LogP contribution >= 0.6 is 11.3 Å². The molecule has 2 aromatic rings. The highest BCUT2D eigenvalue weighted by atomic mass is 32.1. The summed E-state index contributed by atoms with van der Waals surface area (Å²) in [5.74, 6) is 0.688. The maximum absolute atomic E-state index is 15.4. The summed E-state index contributed by atoms with van der Waals surface area (Å²) in [5, 5.41) is 24.6. The highest BCUT2D eigenvalue weighted by Gasteiger charge is 2.78. The number of Topliss-reactive ketones (excluding diaryl/α,β-unsaturated/α-hetero) is 1. The zero-order valence-corrected chi connectivity index (χ0v) is 35.6. The summed E-state index contributed by atoms with van der Waals surface area (Å²) in [6.45, 7) is 12.6. The number of esters is 1. The van der Waals surface area contributed by atoms with Crippen LogP contribution in [0.2, 0.25) is 0 Å². The minimum atomic E-state index is -1.37. The van der Waals surface area contributed by atoms with Crippen LogP contribution < -0.4 is 9.47 Å². The number of nitrogens with zero attached hydrogens (tertiary/aromatic N) is 1. The van der Waals surface area contributed by atoms with E-state index in [0.29, 0.717) is 43.6 Å². The maximum Gasteiger partial charge on any atom is 0.313 e. The van der Waals surface area contributed by atoms with Crippen molar-refractivity contribution in [3.05, 3.63) is 69.5 Å². The molecule has 10 heteroatoms. The number of ether oxygens (including phenoxy) is 3. The molecule has 1 saturated heterocycles. The van der Waals surface area contributed by atoms with E-state index in [4.69, 9.17) is 14.2 Å². The van der Waals surface area contributed by atoms with E-state index < -0.39 is 44.4 Å². The molecule has 306 valence electrons. The lowest BCUT2D eigenvalue weighted by Gasteiger charge is -2.71. The Kier molecular flexibility index (Phi) is 8.41. The first-order valence-electron chi connectivity index (χ1n) is 21.0. The van der Waals surface area contributed by atoms with Gasteiger partial charge < -0.3 is 29.3 Å². The van der Waals surface area contributed by atoms with Crippen LogP contribution in [0, 0.1) is 51.2 Å². The number of carbonyl (C=O) groups excluding carboxylic acids is 3. The molecule has 5 fully saturated rings. The molecule has 7 aliphatic carbocycles. The van der Waals surface area contributed by atoms with Crippen molar-refractivity contribution in [1.82, 2.24) is 4.90 Å². The lowest BCUT2D eigenvalue weighted by Crippen LogP contribution is -2.67. The Labute approximate surface area is 340 Å². The standard InChI is InChI=1S/C47H59NO8S/c1-28-9-12-34(57-28)37(50)32-25-44-20-21-46(32)35(41(44,4)16-13-30(49)24-44)14-17-42(5)36(46)15-18-45(42,53)27-48(26-29-10-11-31(54-7)23-33(29)55-8)38(51)47-22-19-43(6,39(52)56-47)40(47,2)3/h9-12,20-21,23,25,30,35-36,49,53H,13-19,22,24,26-27H2,1-8H3. The van der Waals surface area contributed by atoms with Crippen LogP contribution in [-0.2, 0) is 20.9 Å². The van der Waals surface area contributed by atoms with Crippen molar-refractivity contribution in [2.24, 2.45) is 44.3 Å². The Balaban J connectivity index is 1.14. The molecule has 10 rings (SSSR count). The lowest BCUT2D eigenvalue weighted by atomic mass is 9.32. The number of fused-ring (bicyclic) bond motifs is 3. The smallest absolute Gasteiger partial charge is 0.313 e. The van der Waals surface area contributed by atoms with Gasteiger partial charge in [0.05, 0.1) is 42.8 Å². The Hall–Kier alpha value is -3.47. The third kappa shape index (κ3) is 4.72. The molecule has 10 atom stereocenters. The molecule has 2 spiro atoms. The Morgan fingerprint density at radius 1 is 0.912 bits per heavy atom. The van der Waals surface area contributed by atoms with Crippen molar-refractivity contribution in [2.75, 3.05) is 20.8 Å². The second-order valence-corrected chi connectivity index (χ2v) is 21.4. The van der Waals surface area contributed by atoms with E-state index in [9.17, 15) is 19.8 Å². The molecule has 2 N–H and O–H groups in total. The lowest BCUT2D eigenvalue weighted by molar-refractivity contribution is -0.187. The van der Waals surface area contributed by atoms with Gasteiger partial charge in [-0.15, -0.1) is 11.3 Å². The quantitative estimate of drug-likeness (QED) is 0.149. The number of aliphatic hydroxyl groups is 2. The van der Waals surface area contributed by atoms with Gasteiger partial charge in [-0.05, 0) is 113 Å². The van der Waals surface area contributed by atoms with Gasteiger partial charge in [0, 0.05) is 50.3 Å². The zero-order chi connectivity index (χ0) is 40.8. The number of allylic oxidation sites excluding steroid dienone is 4. The van der Waals surface area contributed by atoms with Gasteiger partial charge in [-0.2, -0.15) is 0 Å². The summed E-state index contributed by atoms with van der Waals surface area (Å²) in [6.07, 6.45) is 12.4. The van der Waals surface area contributed by atoms with E-state index in [1.54, 1.807) is 25.2 Å². The molecule has 2 heterocycles. The number of amides is 1. The van der Waals surface area contributed by atoms with Gasteiger partial charge in [-0.25, -0.2) is 0 Å². The van der Waals surface area contributed by atoms with Crippen molar-refractivity contribution in [3.63, 3.8) is 0 Å². The van der Waals surface area contributed by atoms with E-state index in [1.165, 1.54) is 11.3 Å². The van der Waals surface area contributed by atoms with Gasteiger partial charge in [-0.3, -0.25) is 14.4 Å². The van der Waals surface area contributed by atoms with Gasteiger partial charge in [0.2, 0.25) is 0 Å². The second kappa shape index (κ2) is 12.3. The average Bonchev–Trinajstić information content (AvgIpc) is 3.83. The monoisotopic (exact) mass is 797 g/mol. The van der Waals surface area contributed by atoms with E-state index in [0.717, 1.165) is 46.6 Å². The first kappa shape index (κ1) is 39.0. The minimum Gasteiger partial charge on any atom is -0.497 e. The molecule has 1 aromatic carbocycles. The molecular formula is C47H59NO8S. The van der Waals surface area contributed by atoms with E-state index in [2.05, 4.69) is 32.1 Å². The normalized spacial score (nSPS) is 41.8. The average molecular weight is 798 g/mol. The molecular weight excluding hydrogens is 739 g/mol. The number of ketones is 1. The van der Waals surface area contributed by atoms with Crippen molar-refractivity contribution >= 4 is 29.0 Å². The Bertz CT molecular complexity index is 2140. The Morgan fingerprint density at radius 3 is 2.28 bits per heavy atom. The number of benzene rings is 1. The van der Waals surface area contributed by atoms with Crippen LogP contribution in [0.15, 0.2) is 54.1 Å². The van der Waals surface area contributed by atoms with Crippen LogP contribution in [-0.4, -0.2) is 70.8 Å². The fourth-order valence-corrected chi connectivity index (χ4v) is 14.8. The molecule has 10 unspecified atom stereocenters. The van der Waals surface area contributed by atoms with Crippen molar-refractivity contribution in [2.45, 2.75) is 123 Å². The Morgan fingerprint density at radius 2 is 1.63 bits per heavy atom. The second-order valence-electron chi connectivity index (χ2n) is 20.1. The largest absolute Gasteiger partial charge is 0.497 e. The van der Waals surface area contributed by atoms with Crippen LogP contribution in [0.25, 0.3) is 0 Å². The van der Waals surface area contributed by atoms with Gasteiger partial charge in [0.1, 0.15) is 11.5 Å². The molecule has 9 nitrogen and oxygen atoms in total. The summed E-state index contributed by atoms with van der Waals surface area (Å²) in [7, 11) is 3.19. The first-order chi connectivity index (χ1) is 26.8. The molecule has 0 radical (unpaired) electrons. The summed E-state index contributed by atoms with van der Waals surface area (Å²) >= 11 is 1.53. The predicted octanol–water partition coefficient (Wildman–Crippen LogP) is 8.00. The molecule has 8 aliphatic rings. The number of hydrogen-bond donors (Lipinski definition) is 2. The number of methoxy groups -OCH3 is 2. The SMILES string of the molecule is COc1ccc(CN(CC2(O)CCC3C45C=CC6(C=C4C(=O)c4ccc(C)s4)CC(O)CCC6(C)C5CCC32C)C(=O)C23CCC(C)(C(=O)O2)C3(C)C)c(OC)c1. The molecule has 1 aliphatic heterocycles. The fourth-order valence-electron chi connectivity index (χ4n) is 14.0. The number of aryl methyl sites for hydroxylation is 1. The minimum absolute atomic E-state index is 0.0368. The molecule has 1 amide bonds. The number of carbonyl (C=O) groups is 3. The van der Waals surface area contributed by atoms with E-state index in [1.807, 2.05) is 52.0 Å². The van der Waals surface area contributed by atoms with Gasteiger partial charge in [0.25, 0.3) is 5.91 Å². The number of aliphatic hydroxyl groups excluding tert-OH is 1. The molecule has 1 aromatic heterocycles. The number of rotatable bonds is 9.